The molecule has 0 aliphatic heterocycles. The van der Waals surface area contributed by atoms with E-state index in [1.165, 1.54) is 0 Å². The third-order valence-corrected chi connectivity index (χ3v) is 2.02. The molecule has 0 atom stereocenters. The molecule has 0 spiro atoms. The summed E-state index contributed by atoms with van der Waals surface area (Å²) in [6.07, 6.45) is 6.03. The Balaban J connectivity index is 2.35. The van der Waals surface area contributed by atoms with Crippen molar-refractivity contribution in [2.24, 2.45) is 0 Å². The largest absolute Gasteiger partial charge is 0.364 e. The number of carbonyl (C=O) groups is 1. The molecule has 1 fully saturated rings. The van der Waals surface area contributed by atoms with E-state index in [-0.39, 0.29) is 5.41 Å². The third kappa shape index (κ3) is 0.602. The smallest absolute Gasteiger partial charge is 0.130 e. The summed E-state index contributed by atoms with van der Waals surface area (Å²) in [7, 11) is 0. The summed E-state index contributed by atoms with van der Waals surface area (Å²) in [6, 6.07) is 0. The second-order valence-corrected chi connectivity index (χ2v) is 2.69. The van der Waals surface area contributed by atoms with Crippen molar-refractivity contribution in [2.45, 2.75) is 18.3 Å². The fourth-order valence-corrected chi connectivity index (χ4v) is 1.06. The lowest BCUT2D eigenvalue weighted by Gasteiger charge is -1.97. The lowest BCUT2D eigenvalue weighted by Crippen LogP contribution is -2.05. The Morgan fingerprint density at radius 3 is 2.90 bits per heavy atom. The van der Waals surface area contributed by atoms with Gasteiger partial charge in [-0.3, -0.25) is 0 Å². The molecule has 0 saturated heterocycles. The molecule has 2 rings (SSSR count). The molecule has 0 aromatic carbocycles. The Labute approximate surface area is 58.0 Å². The van der Waals surface area contributed by atoms with E-state index in [9.17, 15) is 4.79 Å². The Kier molecular flexibility index (Phi) is 0.952. The SMILES string of the molecule is O=CC1(c2cnoc2)CC1. The van der Waals surface area contributed by atoms with Crippen LogP contribution in [-0.2, 0) is 10.2 Å². The fourth-order valence-electron chi connectivity index (χ4n) is 1.06. The maximum Gasteiger partial charge on any atom is 0.130 e. The summed E-state index contributed by atoms with van der Waals surface area (Å²) in [6.45, 7) is 0. The van der Waals surface area contributed by atoms with E-state index in [1.54, 1.807) is 12.5 Å². The van der Waals surface area contributed by atoms with Gasteiger partial charge in [-0.15, -0.1) is 0 Å². The summed E-state index contributed by atoms with van der Waals surface area (Å²) in [5, 5.41) is 3.54. The Hall–Kier alpha value is -1.12. The van der Waals surface area contributed by atoms with Crippen LogP contribution in [0.25, 0.3) is 0 Å². The van der Waals surface area contributed by atoms with Crippen LogP contribution in [-0.4, -0.2) is 11.4 Å². The number of aromatic nitrogens is 1. The summed E-state index contributed by atoms with van der Waals surface area (Å²) < 4.78 is 4.63. The zero-order valence-electron chi connectivity index (χ0n) is 5.41. The number of hydrogen-bond acceptors (Lipinski definition) is 3. The summed E-state index contributed by atoms with van der Waals surface area (Å²) in [5.74, 6) is 0. The highest BCUT2D eigenvalue weighted by molar-refractivity contribution is 5.72. The number of carbonyl (C=O) groups excluding carboxylic acids is 1. The molecular weight excluding hydrogens is 130 g/mol. The molecule has 0 amide bonds. The van der Waals surface area contributed by atoms with E-state index in [1.807, 2.05) is 0 Å². The topological polar surface area (TPSA) is 43.1 Å². The van der Waals surface area contributed by atoms with Gasteiger partial charge < -0.3 is 9.32 Å². The van der Waals surface area contributed by atoms with Crippen LogP contribution >= 0.6 is 0 Å². The van der Waals surface area contributed by atoms with E-state index >= 15 is 0 Å². The molecule has 0 radical (unpaired) electrons. The van der Waals surface area contributed by atoms with Gasteiger partial charge in [-0.05, 0) is 12.8 Å². The van der Waals surface area contributed by atoms with E-state index in [0.29, 0.717) is 0 Å². The minimum atomic E-state index is -0.222. The van der Waals surface area contributed by atoms with Crippen LogP contribution in [0.15, 0.2) is 17.0 Å². The van der Waals surface area contributed by atoms with Gasteiger partial charge in [-0.25, -0.2) is 0 Å². The summed E-state index contributed by atoms with van der Waals surface area (Å²) in [4.78, 5) is 10.5. The fraction of sp³-hybridized carbons (Fsp3) is 0.429. The average molecular weight is 137 g/mol. The van der Waals surface area contributed by atoms with Gasteiger partial charge in [-0.2, -0.15) is 0 Å². The van der Waals surface area contributed by atoms with Crippen LogP contribution in [0.2, 0.25) is 0 Å². The predicted octanol–water partition coefficient (Wildman–Crippen LogP) is 0.905. The number of hydrogen-bond donors (Lipinski definition) is 0. The zero-order valence-corrected chi connectivity index (χ0v) is 5.41. The van der Waals surface area contributed by atoms with Crippen molar-refractivity contribution in [1.82, 2.24) is 5.16 Å². The van der Waals surface area contributed by atoms with Crippen molar-refractivity contribution < 1.29 is 9.32 Å². The van der Waals surface area contributed by atoms with Crippen LogP contribution in [0, 0.1) is 0 Å². The predicted molar refractivity (Wildman–Crippen MR) is 33.5 cm³/mol. The van der Waals surface area contributed by atoms with Crippen molar-refractivity contribution in [3.05, 3.63) is 18.0 Å². The Morgan fingerprint density at radius 1 is 1.70 bits per heavy atom. The quantitative estimate of drug-likeness (QED) is 0.569. The lowest BCUT2D eigenvalue weighted by molar-refractivity contribution is -0.109. The molecule has 1 aliphatic rings. The van der Waals surface area contributed by atoms with E-state index in [2.05, 4.69) is 9.68 Å². The molecule has 3 nitrogen and oxygen atoms in total. The normalized spacial score (nSPS) is 20.4. The van der Waals surface area contributed by atoms with Crippen LogP contribution in [0.5, 0.6) is 0 Å². The van der Waals surface area contributed by atoms with Gasteiger partial charge in [-0.1, -0.05) is 5.16 Å². The monoisotopic (exact) mass is 137 g/mol. The van der Waals surface area contributed by atoms with Crippen molar-refractivity contribution in [3.8, 4) is 0 Å². The first-order valence-electron chi connectivity index (χ1n) is 3.24. The highest BCUT2D eigenvalue weighted by Gasteiger charge is 2.45. The summed E-state index contributed by atoms with van der Waals surface area (Å²) >= 11 is 0. The van der Waals surface area contributed by atoms with Gasteiger partial charge in [0.2, 0.25) is 0 Å². The molecular formula is C7H7NO2. The number of aldehydes is 1. The highest BCUT2D eigenvalue weighted by atomic mass is 16.5. The molecule has 0 unspecified atom stereocenters. The molecule has 1 saturated carbocycles. The van der Waals surface area contributed by atoms with Crippen LogP contribution in [0.1, 0.15) is 18.4 Å². The molecule has 1 aliphatic carbocycles. The Morgan fingerprint density at radius 2 is 2.50 bits per heavy atom. The van der Waals surface area contributed by atoms with Crippen molar-refractivity contribution in [3.63, 3.8) is 0 Å². The lowest BCUT2D eigenvalue weighted by atomic mass is 10.0. The molecule has 3 heteroatoms. The third-order valence-electron chi connectivity index (χ3n) is 2.02. The molecule has 0 bridgehead atoms. The molecule has 1 aromatic heterocycles. The number of rotatable bonds is 2. The summed E-state index contributed by atoms with van der Waals surface area (Å²) in [5.41, 5.74) is 0.697. The van der Waals surface area contributed by atoms with Crippen LogP contribution < -0.4 is 0 Å². The molecule has 52 valence electrons. The average Bonchev–Trinajstić information content (AvgIpc) is 2.58. The van der Waals surface area contributed by atoms with Crippen molar-refractivity contribution >= 4 is 6.29 Å². The second-order valence-electron chi connectivity index (χ2n) is 2.69. The van der Waals surface area contributed by atoms with Crippen molar-refractivity contribution in [1.29, 1.82) is 0 Å². The number of nitrogens with zero attached hydrogens (tertiary/aromatic N) is 1. The van der Waals surface area contributed by atoms with E-state index < -0.39 is 0 Å². The first-order chi connectivity index (χ1) is 4.87. The van der Waals surface area contributed by atoms with Gasteiger partial charge in [0.1, 0.15) is 12.5 Å². The van der Waals surface area contributed by atoms with E-state index in [4.69, 9.17) is 0 Å². The molecule has 0 N–H and O–H groups in total. The maximum absolute atomic E-state index is 10.5. The van der Waals surface area contributed by atoms with Crippen LogP contribution in [0.3, 0.4) is 0 Å². The highest BCUT2D eigenvalue weighted by Crippen LogP contribution is 2.45. The van der Waals surface area contributed by atoms with Gasteiger partial charge >= 0.3 is 0 Å². The van der Waals surface area contributed by atoms with Crippen LogP contribution in [0.4, 0.5) is 0 Å². The minimum absolute atomic E-state index is 0.222. The molecule has 10 heavy (non-hydrogen) atoms. The zero-order chi connectivity index (χ0) is 7.03. The first kappa shape index (κ1) is 5.65. The molecule has 1 aromatic rings. The maximum atomic E-state index is 10.5. The minimum Gasteiger partial charge on any atom is -0.364 e. The standard InChI is InChI=1S/C7H7NO2/c9-5-7(1-2-7)6-3-8-10-4-6/h3-5H,1-2H2. The Bertz CT molecular complexity index is 236. The van der Waals surface area contributed by atoms with Gasteiger partial charge in [0.05, 0.1) is 11.6 Å². The second kappa shape index (κ2) is 1.68. The van der Waals surface area contributed by atoms with Gasteiger partial charge in [0, 0.05) is 5.56 Å². The van der Waals surface area contributed by atoms with Crippen molar-refractivity contribution in [2.75, 3.05) is 0 Å². The van der Waals surface area contributed by atoms with Gasteiger partial charge in [0.15, 0.2) is 0 Å². The first-order valence-corrected chi connectivity index (χ1v) is 3.24. The van der Waals surface area contributed by atoms with E-state index in [0.717, 1.165) is 24.7 Å². The molecule has 1 heterocycles. The van der Waals surface area contributed by atoms with Gasteiger partial charge in [0.25, 0.3) is 0 Å².